The largest absolute Gasteiger partial charge is 0.508 e. The summed E-state index contributed by atoms with van der Waals surface area (Å²) >= 11 is 0. The van der Waals surface area contributed by atoms with E-state index in [1.54, 1.807) is 0 Å². The van der Waals surface area contributed by atoms with Crippen molar-refractivity contribution in [1.82, 2.24) is 9.97 Å². The predicted molar refractivity (Wildman–Crippen MR) is 91.8 cm³/mol. The van der Waals surface area contributed by atoms with Crippen molar-refractivity contribution in [3.63, 3.8) is 0 Å². The van der Waals surface area contributed by atoms with Crippen LogP contribution in [0.25, 0.3) is 11.3 Å². The van der Waals surface area contributed by atoms with Crippen LogP contribution in [0.5, 0.6) is 11.5 Å². The standard InChI is InChI=1S/C18H16N4O2/c1-11-9-15(12-5-3-2-4-6-12)21-18(20-11)17(22-19)14-8-7-13(23)10-16(14)24/h2-10,23-24H,19H2,1H3/b22-17+. The van der Waals surface area contributed by atoms with Crippen LogP contribution in [0.1, 0.15) is 17.1 Å². The van der Waals surface area contributed by atoms with Crippen molar-refractivity contribution in [3.05, 3.63) is 71.7 Å². The number of phenols is 2. The third kappa shape index (κ3) is 3.03. The molecule has 0 saturated carbocycles. The SMILES string of the molecule is Cc1cc(-c2ccccc2)nc(/C(=N/N)c2ccc(O)cc2O)n1. The van der Waals surface area contributed by atoms with Crippen LogP contribution in [0, 0.1) is 6.92 Å². The van der Waals surface area contributed by atoms with Gasteiger partial charge in [-0.2, -0.15) is 5.10 Å². The summed E-state index contributed by atoms with van der Waals surface area (Å²) in [6.45, 7) is 1.85. The summed E-state index contributed by atoms with van der Waals surface area (Å²) in [5, 5.41) is 23.2. The minimum atomic E-state index is -0.148. The van der Waals surface area contributed by atoms with Crippen LogP contribution in [0.3, 0.4) is 0 Å². The van der Waals surface area contributed by atoms with Crippen LogP contribution >= 0.6 is 0 Å². The number of hydrazone groups is 1. The van der Waals surface area contributed by atoms with Gasteiger partial charge in [0.25, 0.3) is 0 Å². The Morgan fingerprint density at radius 3 is 2.42 bits per heavy atom. The van der Waals surface area contributed by atoms with Gasteiger partial charge in [-0.1, -0.05) is 30.3 Å². The Kier molecular flexibility index (Phi) is 4.11. The lowest BCUT2D eigenvalue weighted by molar-refractivity contribution is 0.450. The molecule has 0 aliphatic heterocycles. The van der Waals surface area contributed by atoms with Crippen LogP contribution in [-0.2, 0) is 0 Å². The molecule has 2 aromatic carbocycles. The van der Waals surface area contributed by atoms with Crippen LogP contribution in [0.4, 0.5) is 0 Å². The van der Waals surface area contributed by atoms with E-state index in [1.165, 1.54) is 18.2 Å². The lowest BCUT2D eigenvalue weighted by Crippen LogP contribution is -2.12. The molecule has 0 spiro atoms. The molecule has 0 aliphatic rings. The Balaban J connectivity index is 2.12. The first-order valence-electron chi connectivity index (χ1n) is 7.30. The second-order valence-electron chi connectivity index (χ2n) is 5.26. The first kappa shape index (κ1) is 15.5. The highest BCUT2D eigenvalue weighted by Crippen LogP contribution is 2.25. The highest BCUT2D eigenvalue weighted by atomic mass is 16.3. The van der Waals surface area contributed by atoms with Crippen molar-refractivity contribution in [3.8, 4) is 22.8 Å². The quantitative estimate of drug-likeness (QED) is 0.391. The number of nitrogens with two attached hydrogens (primary N) is 1. The number of nitrogens with zero attached hydrogens (tertiary/aromatic N) is 3. The maximum atomic E-state index is 10.1. The smallest absolute Gasteiger partial charge is 0.181 e. The molecular weight excluding hydrogens is 304 g/mol. The molecule has 3 aromatic rings. The summed E-state index contributed by atoms with van der Waals surface area (Å²) in [4.78, 5) is 8.89. The van der Waals surface area contributed by atoms with Gasteiger partial charge in [-0.05, 0) is 25.1 Å². The molecular formula is C18H16N4O2. The molecule has 0 unspecified atom stereocenters. The van der Waals surface area contributed by atoms with Gasteiger partial charge in [0.15, 0.2) is 5.82 Å². The number of hydrogen-bond donors (Lipinski definition) is 3. The summed E-state index contributed by atoms with van der Waals surface area (Å²) in [5.41, 5.74) is 3.01. The van der Waals surface area contributed by atoms with Gasteiger partial charge < -0.3 is 16.1 Å². The molecule has 0 amide bonds. The molecule has 6 heteroatoms. The van der Waals surface area contributed by atoms with Gasteiger partial charge in [0.05, 0.1) is 5.69 Å². The Morgan fingerprint density at radius 2 is 1.75 bits per heavy atom. The molecule has 0 bridgehead atoms. The average Bonchev–Trinajstić information content (AvgIpc) is 2.58. The number of benzene rings is 2. The number of aromatic hydroxyl groups is 2. The van der Waals surface area contributed by atoms with Gasteiger partial charge in [0.2, 0.25) is 0 Å². The van der Waals surface area contributed by atoms with Crippen molar-refractivity contribution in [2.75, 3.05) is 0 Å². The van der Waals surface area contributed by atoms with Crippen molar-refractivity contribution < 1.29 is 10.2 Å². The topological polar surface area (TPSA) is 105 Å². The number of phenolic OH excluding ortho intramolecular Hbond substituents is 2. The molecule has 0 saturated heterocycles. The van der Waals surface area contributed by atoms with E-state index >= 15 is 0 Å². The second kappa shape index (κ2) is 6.37. The summed E-state index contributed by atoms with van der Waals surface area (Å²) in [6, 6.07) is 15.7. The van der Waals surface area contributed by atoms with Gasteiger partial charge in [0, 0.05) is 22.9 Å². The summed E-state index contributed by atoms with van der Waals surface area (Å²) in [7, 11) is 0. The minimum absolute atomic E-state index is 0.0530. The highest BCUT2D eigenvalue weighted by molar-refractivity contribution is 6.12. The third-order valence-electron chi connectivity index (χ3n) is 3.50. The molecule has 4 N–H and O–H groups in total. The molecule has 3 rings (SSSR count). The second-order valence-corrected chi connectivity index (χ2v) is 5.26. The Bertz CT molecular complexity index is 908. The molecule has 24 heavy (non-hydrogen) atoms. The van der Waals surface area contributed by atoms with Crippen molar-refractivity contribution in [1.29, 1.82) is 0 Å². The van der Waals surface area contributed by atoms with E-state index in [4.69, 9.17) is 5.84 Å². The fourth-order valence-electron chi connectivity index (χ4n) is 2.40. The molecule has 0 radical (unpaired) electrons. The Hall–Kier alpha value is -3.41. The maximum Gasteiger partial charge on any atom is 0.181 e. The lowest BCUT2D eigenvalue weighted by atomic mass is 10.1. The summed E-state index contributed by atoms with van der Waals surface area (Å²) < 4.78 is 0. The van der Waals surface area contributed by atoms with E-state index in [2.05, 4.69) is 15.1 Å². The fraction of sp³-hybridized carbons (Fsp3) is 0.0556. The molecule has 1 aromatic heterocycles. The zero-order valence-electron chi connectivity index (χ0n) is 13.0. The number of aromatic nitrogens is 2. The minimum Gasteiger partial charge on any atom is -0.508 e. The van der Waals surface area contributed by atoms with E-state index in [9.17, 15) is 10.2 Å². The summed E-state index contributed by atoms with van der Waals surface area (Å²) in [6.07, 6.45) is 0. The van der Waals surface area contributed by atoms with Crippen LogP contribution in [-0.4, -0.2) is 25.9 Å². The molecule has 0 atom stereocenters. The van der Waals surface area contributed by atoms with Crippen molar-refractivity contribution >= 4 is 5.71 Å². The first-order chi connectivity index (χ1) is 11.6. The zero-order valence-corrected chi connectivity index (χ0v) is 13.0. The van der Waals surface area contributed by atoms with E-state index in [0.717, 1.165) is 17.0 Å². The molecule has 0 aliphatic carbocycles. The molecule has 6 nitrogen and oxygen atoms in total. The van der Waals surface area contributed by atoms with E-state index in [0.29, 0.717) is 11.4 Å². The van der Waals surface area contributed by atoms with Crippen molar-refractivity contribution in [2.24, 2.45) is 10.9 Å². The molecule has 1 heterocycles. The van der Waals surface area contributed by atoms with Crippen LogP contribution < -0.4 is 5.84 Å². The van der Waals surface area contributed by atoms with Crippen LogP contribution in [0.2, 0.25) is 0 Å². The number of hydrogen-bond acceptors (Lipinski definition) is 6. The van der Waals surface area contributed by atoms with E-state index < -0.39 is 0 Å². The highest BCUT2D eigenvalue weighted by Gasteiger charge is 2.16. The van der Waals surface area contributed by atoms with Gasteiger partial charge >= 0.3 is 0 Å². The van der Waals surface area contributed by atoms with Crippen LogP contribution in [0.15, 0.2) is 59.7 Å². The first-order valence-corrected chi connectivity index (χ1v) is 7.30. The normalized spacial score (nSPS) is 11.5. The van der Waals surface area contributed by atoms with E-state index in [-0.39, 0.29) is 17.2 Å². The van der Waals surface area contributed by atoms with E-state index in [1.807, 2.05) is 43.3 Å². The Labute approximate surface area is 139 Å². The number of aryl methyl sites for hydroxylation is 1. The van der Waals surface area contributed by atoms with Gasteiger partial charge in [-0.15, -0.1) is 0 Å². The predicted octanol–water partition coefficient (Wildman–Crippen LogP) is 2.57. The molecule has 0 fully saturated rings. The average molecular weight is 320 g/mol. The van der Waals surface area contributed by atoms with Gasteiger partial charge in [-0.3, -0.25) is 0 Å². The third-order valence-corrected chi connectivity index (χ3v) is 3.50. The molecule has 120 valence electrons. The maximum absolute atomic E-state index is 10.1. The van der Waals surface area contributed by atoms with Crippen molar-refractivity contribution in [2.45, 2.75) is 6.92 Å². The fourth-order valence-corrected chi connectivity index (χ4v) is 2.40. The lowest BCUT2D eigenvalue weighted by Gasteiger charge is -2.10. The number of rotatable bonds is 3. The summed E-state index contributed by atoms with van der Waals surface area (Å²) in [5.74, 6) is 5.62. The monoisotopic (exact) mass is 320 g/mol. The van der Waals surface area contributed by atoms with Gasteiger partial charge in [-0.25, -0.2) is 9.97 Å². The van der Waals surface area contributed by atoms with Gasteiger partial charge in [0.1, 0.15) is 17.2 Å². The zero-order chi connectivity index (χ0) is 17.1. The Morgan fingerprint density at radius 1 is 1.00 bits per heavy atom.